The molecule has 0 aliphatic carbocycles. The van der Waals surface area contributed by atoms with Crippen LogP contribution in [0, 0.1) is 0 Å². The van der Waals surface area contributed by atoms with Gasteiger partial charge in [-0.15, -0.1) is 9.24 Å². The van der Waals surface area contributed by atoms with Gasteiger partial charge >= 0.3 is 0 Å². The van der Waals surface area contributed by atoms with Crippen molar-refractivity contribution in [1.29, 1.82) is 0 Å². The number of benzene rings is 2. The Balaban J connectivity index is 0.000000561. The molecule has 1 heterocycles. The molecule has 2 nitrogen and oxygen atoms in total. The summed E-state index contributed by atoms with van der Waals surface area (Å²) in [5.74, 6) is 1.17. The zero-order chi connectivity index (χ0) is 16.5. The van der Waals surface area contributed by atoms with E-state index in [0.29, 0.717) is 6.61 Å². The molecule has 2 N–H and O–H groups in total. The van der Waals surface area contributed by atoms with Gasteiger partial charge in [0.05, 0.1) is 0 Å². The number of rotatable bonds is 1. The molecule has 22 heavy (non-hydrogen) atoms. The van der Waals surface area contributed by atoms with Crippen LogP contribution in [0.25, 0.3) is 0 Å². The lowest BCUT2D eigenvalue weighted by Gasteiger charge is -2.32. The van der Waals surface area contributed by atoms with E-state index < -0.39 is 0 Å². The molecule has 0 amide bonds. The van der Waals surface area contributed by atoms with Gasteiger partial charge in [-0.3, -0.25) is 0 Å². The largest absolute Gasteiger partial charge is 0.492 e. The summed E-state index contributed by atoms with van der Waals surface area (Å²) in [6.45, 7) is 8.57. The molecular formula is C19H28NOP. The van der Waals surface area contributed by atoms with Crippen LogP contribution in [0.15, 0.2) is 48.5 Å². The van der Waals surface area contributed by atoms with Gasteiger partial charge in [-0.25, -0.2) is 0 Å². The number of para-hydroxylation sites is 1. The fourth-order valence-electron chi connectivity index (χ4n) is 2.57. The highest BCUT2D eigenvalue weighted by Crippen LogP contribution is 2.37. The van der Waals surface area contributed by atoms with Crippen molar-refractivity contribution < 1.29 is 4.74 Å². The first-order chi connectivity index (χ1) is 10.8. The topological polar surface area (TPSA) is 35.2 Å². The molecule has 0 aromatic heterocycles. The molecule has 120 valence electrons. The highest BCUT2D eigenvalue weighted by Gasteiger charge is 2.30. The van der Waals surface area contributed by atoms with Crippen LogP contribution >= 0.6 is 9.24 Å². The van der Waals surface area contributed by atoms with Crippen molar-refractivity contribution in [3.63, 3.8) is 0 Å². The predicted octanol–water partition coefficient (Wildman–Crippen LogP) is 4.09. The fraction of sp³-hybridized carbons (Fsp3) is 0.368. The molecule has 3 atom stereocenters. The molecule has 1 aliphatic rings. The summed E-state index contributed by atoms with van der Waals surface area (Å²) in [7, 11) is 2.79. The summed E-state index contributed by atoms with van der Waals surface area (Å²) in [6, 6.07) is 16.5. The summed E-state index contributed by atoms with van der Waals surface area (Å²) in [6.07, 6.45) is 0. The smallest absolute Gasteiger partial charge is 0.123 e. The monoisotopic (exact) mass is 317 g/mol. The van der Waals surface area contributed by atoms with E-state index in [2.05, 4.69) is 33.5 Å². The van der Waals surface area contributed by atoms with E-state index in [4.69, 9.17) is 10.5 Å². The lowest BCUT2D eigenvalue weighted by atomic mass is 9.83. The maximum absolute atomic E-state index is 6.26. The minimum absolute atomic E-state index is 0.00148. The van der Waals surface area contributed by atoms with Gasteiger partial charge < -0.3 is 10.5 Å². The highest BCUT2D eigenvalue weighted by atomic mass is 31.0. The van der Waals surface area contributed by atoms with Crippen molar-refractivity contribution in [3.8, 4) is 5.75 Å². The van der Waals surface area contributed by atoms with Crippen LogP contribution in [0.4, 0.5) is 0 Å². The Morgan fingerprint density at radius 2 is 1.45 bits per heavy atom. The molecule has 0 saturated carbocycles. The van der Waals surface area contributed by atoms with E-state index in [1.807, 2.05) is 52.0 Å². The maximum Gasteiger partial charge on any atom is 0.123 e. The second-order valence-electron chi connectivity index (χ2n) is 4.62. The molecule has 3 heteroatoms. The van der Waals surface area contributed by atoms with E-state index >= 15 is 0 Å². The predicted molar refractivity (Wildman–Crippen MR) is 100 cm³/mol. The standard InChI is InChI=1S/C15H16NOP.2C2H6/c16-12-9-17-13-7-3-1-5-10(13)15(12)11-6-2-4-8-14(11)18;2*1-2/h1-8,12,15H,9,16,18H2;2*1-2H3/t12-,15-;;/m1../s1. The van der Waals surface area contributed by atoms with E-state index in [-0.39, 0.29) is 12.0 Å². The molecule has 2 aromatic rings. The van der Waals surface area contributed by atoms with E-state index in [9.17, 15) is 0 Å². The van der Waals surface area contributed by atoms with E-state index in [0.717, 1.165) is 5.75 Å². The summed E-state index contributed by atoms with van der Waals surface area (Å²) < 4.78 is 5.70. The molecule has 2 aromatic carbocycles. The molecule has 0 radical (unpaired) electrons. The molecule has 3 rings (SSSR count). The lowest BCUT2D eigenvalue weighted by molar-refractivity contribution is 0.250. The summed E-state index contributed by atoms with van der Waals surface area (Å²) in [4.78, 5) is 0. The molecule has 1 aliphatic heterocycles. The number of hydrogen-bond acceptors (Lipinski definition) is 2. The molecule has 0 saturated heterocycles. The lowest BCUT2D eigenvalue weighted by Crippen LogP contribution is -2.39. The Kier molecular flexibility index (Phi) is 8.16. The zero-order valence-electron chi connectivity index (χ0n) is 14.0. The normalized spacial score (nSPS) is 18.6. The minimum atomic E-state index is 0.00148. The maximum atomic E-state index is 6.26. The molecule has 1 unspecified atom stereocenters. The molecule has 0 fully saturated rings. The number of fused-ring (bicyclic) bond motifs is 1. The van der Waals surface area contributed by atoms with Crippen LogP contribution < -0.4 is 15.8 Å². The van der Waals surface area contributed by atoms with Crippen molar-refractivity contribution in [1.82, 2.24) is 0 Å². The first-order valence-corrected chi connectivity index (χ1v) is 8.67. The van der Waals surface area contributed by atoms with E-state index in [1.165, 1.54) is 16.4 Å². The van der Waals surface area contributed by atoms with Crippen molar-refractivity contribution in [3.05, 3.63) is 59.7 Å². The minimum Gasteiger partial charge on any atom is -0.492 e. The third-order valence-electron chi connectivity index (χ3n) is 3.44. The van der Waals surface area contributed by atoms with Gasteiger partial charge in [0.25, 0.3) is 0 Å². The van der Waals surface area contributed by atoms with Gasteiger partial charge in [-0.2, -0.15) is 0 Å². The third kappa shape index (κ3) is 4.09. The Morgan fingerprint density at radius 3 is 2.09 bits per heavy atom. The van der Waals surface area contributed by atoms with Crippen LogP contribution in [0.2, 0.25) is 0 Å². The molecule has 0 bridgehead atoms. The summed E-state index contributed by atoms with van der Waals surface area (Å²) in [5, 5.41) is 1.20. The van der Waals surface area contributed by atoms with Gasteiger partial charge in [0.2, 0.25) is 0 Å². The van der Waals surface area contributed by atoms with Gasteiger partial charge in [-0.05, 0) is 16.9 Å². The third-order valence-corrected chi connectivity index (χ3v) is 3.97. The van der Waals surface area contributed by atoms with Crippen LogP contribution in [0.1, 0.15) is 44.7 Å². The Morgan fingerprint density at radius 1 is 0.909 bits per heavy atom. The van der Waals surface area contributed by atoms with Crippen molar-refractivity contribution in [2.75, 3.05) is 6.61 Å². The van der Waals surface area contributed by atoms with Crippen molar-refractivity contribution in [2.45, 2.75) is 39.7 Å². The summed E-state index contributed by atoms with van der Waals surface area (Å²) in [5.41, 5.74) is 8.72. The van der Waals surface area contributed by atoms with E-state index in [1.54, 1.807) is 0 Å². The van der Waals surface area contributed by atoms with Crippen LogP contribution in [-0.4, -0.2) is 12.6 Å². The van der Waals surface area contributed by atoms with Crippen molar-refractivity contribution in [2.24, 2.45) is 5.73 Å². The van der Waals surface area contributed by atoms with Crippen LogP contribution in [0.5, 0.6) is 5.75 Å². The first-order valence-electron chi connectivity index (χ1n) is 8.09. The molecular weight excluding hydrogens is 289 g/mol. The van der Waals surface area contributed by atoms with Crippen LogP contribution in [-0.2, 0) is 0 Å². The average Bonchev–Trinajstić information content (AvgIpc) is 2.59. The molecule has 0 spiro atoms. The Labute approximate surface area is 137 Å². The zero-order valence-corrected chi connectivity index (χ0v) is 15.2. The number of nitrogens with two attached hydrogens (primary N) is 1. The Hall–Kier alpha value is -1.37. The Bertz CT molecular complexity index is 571. The van der Waals surface area contributed by atoms with Gasteiger partial charge in [0.1, 0.15) is 12.4 Å². The second kappa shape index (κ2) is 9.61. The van der Waals surface area contributed by atoms with Gasteiger partial charge in [0, 0.05) is 17.5 Å². The fourth-order valence-corrected chi connectivity index (χ4v) is 2.96. The van der Waals surface area contributed by atoms with Crippen LogP contribution in [0.3, 0.4) is 0 Å². The van der Waals surface area contributed by atoms with Crippen molar-refractivity contribution >= 4 is 14.5 Å². The second-order valence-corrected chi connectivity index (χ2v) is 5.24. The van der Waals surface area contributed by atoms with Gasteiger partial charge in [0.15, 0.2) is 0 Å². The summed E-state index contributed by atoms with van der Waals surface area (Å²) >= 11 is 0. The first kappa shape index (κ1) is 18.7. The highest BCUT2D eigenvalue weighted by molar-refractivity contribution is 7.27. The average molecular weight is 317 g/mol. The quantitative estimate of drug-likeness (QED) is 0.804. The van der Waals surface area contributed by atoms with Gasteiger partial charge in [-0.1, -0.05) is 70.2 Å². The number of ether oxygens (including phenoxy) is 1. The number of hydrogen-bond donors (Lipinski definition) is 1. The SMILES string of the molecule is CC.CC.N[C@@H]1COc2ccccc2[C@@H]1c1ccccc1P.